The van der Waals surface area contributed by atoms with E-state index in [9.17, 15) is 25.0 Å². The number of likely N-dealkylation sites (tertiary alicyclic amines) is 1. The van der Waals surface area contributed by atoms with Crippen molar-refractivity contribution in [1.29, 1.82) is 0 Å². The topological polar surface area (TPSA) is 107 Å². The predicted molar refractivity (Wildman–Crippen MR) is 78.7 cm³/mol. The maximum Gasteiger partial charge on any atom is 0.277 e. The molecule has 1 atom stereocenters. The molecule has 1 fully saturated rings. The van der Waals surface area contributed by atoms with Gasteiger partial charge in [-0.3, -0.25) is 25.0 Å². The van der Waals surface area contributed by atoms with E-state index in [1.807, 2.05) is 6.92 Å². The molecule has 1 amide bonds. The summed E-state index contributed by atoms with van der Waals surface area (Å²) in [6.45, 7) is 2.56. The summed E-state index contributed by atoms with van der Waals surface area (Å²) in [4.78, 5) is 34.6. The summed E-state index contributed by atoms with van der Waals surface area (Å²) in [6.07, 6.45) is 3.60. The van der Waals surface area contributed by atoms with Crippen LogP contribution < -0.4 is 0 Å². The number of carbonyl (C=O) groups excluding carboxylic acids is 1. The van der Waals surface area contributed by atoms with Crippen molar-refractivity contribution >= 4 is 17.3 Å². The molecule has 2 rings (SSSR count). The number of nitrogens with zero attached hydrogens (tertiary/aromatic N) is 3. The third-order valence-electron chi connectivity index (χ3n) is 3.93. The normalized spacial score (nSPS) is 18.0. The van der Waals surface area contributed by atoms with E-state index >= 15 is 0 Å². The van der Waals surface area contributed by atoms with Crippen molar-refractivity contribution in [3.8, 4) is 0 Å². The fourth-order valence-corrected chi connectivity index (χ4v) is 2.79. The van der Waals surface area contributed by atoms with Crippen molar-refractivity contribution in [2.24, 2.45) is 0 Å². The third-order valence-corrected chi connectivity index (χ3v) is 3.93. The van der Waals surface area contributed by atoms with Crippen LogP contribution in [0, 0.1) is 20.2 Å². The average molecular weight is 307 g/mol. The van der Waals surface area contributed by atoms with E-state index < -0.39 is 21.2 Å². The molecular weight excluding hydrogens is 290 g/mol. The SMILES string of the molecule is CCC1CCCCN1C(=O)c1cc([N+](=O)[O-])cc([N+](=O)[O-])c1. The van der Waals surface area contributed by atoms with E-state index in [2.05, 4.69) is 0 Å². The van der Waals surface area contributed by atoms with Crippen LogP contribution in [0.2, 0.25) is 0 Å². The number of nitro groups is 2. The van der Waals surface area contributed by atoms with Gasteiger partial charge in [-0.2, -0.15) is 0 Å². The molecule has 0 saturated carbocycles. The Morgan fingerprint density at radius 3 is 2.27 bits per heavy atom. The molecule has 1 heterocycles. The number of carbonyl (C=O) groups is 1. The molecule has 0 N–H and O–H groups in total. The van der Waals surface area contributed by atoms with Gasteiger partial charge in [0.2, 0.25) is 0 Å². The first-order chi connectivity index (χ1) is 10.4. The fraction of sp³-hybridized carbons (Fsp3) is 0.500. The van der Waals surface area contributed by atoms with Crippen molar-refractivity contribution in [2.75, 3.05) is 6.54 Å². The number of non-ortho nitro benzene ring substituents is 2. The summed E-state index contributed by atoms with van der Waals surface area (Å²) >= 11 is 0. The van der Waals surface area contributed by atoms with Gasteiger partial charge >= 0.3 is 0 Å². The zero-order valence-electron chi connectivity index (χ0n) is 12.2. The number of piperidine rings is 1. The molecule has 22 heavy (non-hydrogen) atoms. The van der Waals surface area contributed by atoms with Crippen LogP contribution in [0.5, 0.6) is 0 Å². The lowest BCUT2D eigenvalue weighted by molar-refractivity contribution is -0.394. The number of hydrogen-bond acceptors (Lipinski definition) is 5. The summed E-state index contributed by atoms with van der Waals surface area (Å²) in [7, 11) is 0. The van der Waals surface area contributed by atoms with Gasteiger partial charge in [-0.1, -0.05) is 6.92 Å². The lowest BCUT2D eigenvalue weighted by Crippen LogP contribution is -2.43. The van der Waals surface area contributed by atoms with Gasteiger partial charge in [-0.25, -0.2) is 0 Å². The lowest BCUT2D eigenvalue weighted by Gasteiger charge is -2.35. The summed E-state index contributed by atoms with van der Waals surface area (Å²) in [5, 5.41) is 21.8. The first kappa shape index (κ1) is 15.9. The molecule has 1 aromatic rings. The second-order valence-corrected chi connectivity index (χ2v) is 5.31. The highest BCUT2D eigenvalue weighted by molar-refractivity contribution is 5.95. The summed E-state index contributed by atoms with van der Waals surface area (Å²) in [5.74, 6) is -0.377. The summed E-state index contributed by atoms with van der Waals surface area (Å²) in [6, 6.07) is 3.16. The zero-order valence-corrected chi connectivity index (χ0v) is 12.2. The molecular formula is C14H17N3O5. The highest BCUT2D eigenvalue weighted by atomic mass is 16.6. The number of nitro benzene ring substituents is 2. The van der Waals surface area contributed by atoms with Gasteiger partial charge in [-0.15, -0.1) is 0 Å². The van der Waals surface area contributed by atoms with Crippen molar-refractivity contribution in [1.82, 2.24) is 4.90 Å². The van der Waals surface area contributed by atoms with Gasteiger partial charge in [-0.05, 0) is 25.7 Å². The summed E-state index contributed by atoms with van der Waals surface area (Å²) in [5.41, 5.74) is -0.883. The molecule has 1 saturated heterocycles. The highest BCUT2D eigenvalue weighted by Crippen LogP contribution is 2.26. The first-order valence-electron chi connectivity index (χ1n) is 7.19. The van der Waals surface area contributed by atoms with Gasteiger partial charge in [0, 0.05) is 24.7 Å². The van der Waals surface area contributed by atoms with Crippen LogP contribution >= 0.6 is 0 Å². The summed E-state index contributed by atoms with van der Waals surface area (Å²) < 4.78 is 0. The van der Waals surface area contributed by atoms with E-state index in [1.54, 1.807) is 4.90 Å². The molecule has 8 heteroatoms. The first-order valence-corrected chi connectivity index (χ1v) is 7.19. The molecule has 118 valence electrons. The van der Waals surface area contributed by atoms with Gasteiger partial charge in [0.05, 0.1) is 21.5 Å². The Hall–Kier alpha value is -2.51. The minimum Gasteiger partial charge on any atom is -0.336 e. The molecule has 1 aliphatic rings. The second-order valence-electron chi connectivity index (χ2n) is 5.31. The largest absolute Gasteiger partial charge is 0.336 e. The molecule has 0 aliphatic carbocycles. The maximum absolute atomic E-state index is 12.6. The zero-order chi connectivity index (χ0) is 16.3. The average Bonchev–Trinajstić information content (AvgIpc) is 2.53. The Morgan fingerprint density at radius 1 is 1.18 bits per heavy atom. The monoisotopic (exact) mass is 307 g/mol. The van der Waals surface area contributed by atoms with Crippen LogP contribution in [-0.2, 0) is 0 Å². The second kappa shape index (κ2) is 6.50. The minimum atomic E-state index is -0.725. The highest BCUT2D eigenvalue weighted by Gasteiger charge is 2.28. The molecule has 8 nitrogen and oxygen atoms in total. The van der Waals surface area contributed by atoms with Crippen molar-refractivity contribution in [2.45, 2.75) is 38.6 Å². The van der Waals surface area contributed by atoms with Crippen LogP contribution in [0.3, 0.4) is 0 Å². The third kappa shape index (κ3) is 3.21. The Bertz CT molecular complexity index is 584. The number of rotatable bonds is 4. The Labute approximate surface area is 127 Å². The van der Waals surface area contributed by atoms with E-state index in [-0.39, 0.29) is 17.5 Å². The van der Waals surface area contributed by atoms with Gasteiger partial charge in [0.25, 0.3) is 17.3 Å². The molecule has 0 radical (unpaired) electrons. The Kier molecular flexibility index (Phi) is 4.69. The van der Waals surface area contributed by atoms with Gasteiger partial charge < -0.3 is 4.90 Å². The van der Waals surface area contributed by atoms with Gasteiger partial charge in [0.15, 0.2) is 0 Å². The van der Waals surface area contributed by atoms with Crippen LogP contribution in [0.1, 0.15) is 43.0 Å². The number of benzene rings is 1. The lowest BCUT2D eigenvalue weighted by atomic mass is 9.98. The smallest absolute Gasteiger partial charge is 0.277 e. The van der Waals surface area contributed by atoms with Crippen molar-refractivity contribution in [3.63, 3.8) is 0 Å². The predicted octanol–water partition coefficient (Wildman–Crippen LogP) is 2.91. The number of hydrogen-bond donors (Lipinski definition) is 0. The Balaban J connectivity index is 2.39. The fourth-order valence-electron chi connectivity index (χ4n) is 2.79. The molecule has 0 aromatic heterocycles. The molecule has 1 aromatic carbocycles. The van der Waals surface area contributed by atoms with Crippen LogP contribution in [-0.4, -0.2) is 33.2 Å². The van der Waals surface area contributed by atoms with Crippen molar-refractivity contribution in [3.05, 3.63) is 44.0 Å². The standard InChI is InChI=1S/C14H17N3O5/c1-2-11-5-3-4-6-15(11)14(18)10-7-12(16(19)20)9-13(8-10)17(21)22/h7-9,11H,2-6H2,1H3. The molecule has 0 bridgehead atoms. The maximum atomic E-state index is 12.6. The number of amides is 1. The van der Waals surface area contributed by atoms with Gasteiger partial charge in [0.1, 0.15) is 0 Å². The molecule has 1 unspecified atom stereocenters. The van der Waals surface area contributed by atoms with E-state index in [1.165, 1.54) is 0 Å². The van der Waals surface area contributed by atoms with E-state index in [0.717, 1.165) is 43.9 Å². The molecule has 0 spiro atoms. The van der Waals surface area contributed by atoms with E-state index in [4.69, 9.17) is 0 Å². The van der Waals surface area contributed by atoms with Crippen LogP contribution in [0.15, 0.2) is 18.2 Å². The van der Waals surface area contributed by atoms with Crippen LogP contribution in [0.4, 0.5) is 11.4 Å². The van der Waals surface area contributed by atoms with Crippen LogP contribution in [0.25, 0.3) is 0 Å². The Morgan fingerprint density at radius 2 is 1.77 bits per heavy atom. The van der Waals surface area contributed by atoms with Crippen molar-refractivity contribution < 1.29 is 14.6 Å². The molecule has 1 aliphatic heterocycles. The minimum absolute atomic E-state index is 0.00116. The van der Waals surface area contributed by atoms with E-state index in [0.29, 0.717) is 6.54 Å². The quantitative estimate of drug-likeness (QED) is 0.628.